The van der Waals surface area contributed by atoms with Crippen LogP contribution in [0.25, 0.3) is 0 Å². The van der Waals surface area contributed by atoms with Crippen molar-refractivity contribution in [3.8, 4) is 5.88 Å². The molecule has 0 spiro atoms. The molecular formula is C25H31N5O4. The summed E-state index contributed by atoms with van der Waals surface area (Å²) >= 11 is 0. The fraction of sp³-hybridized carbons (Fsp3) is 0.480. The monoisotopic (exact) mass is 465 g/mol. The Morgan fingerprint density at radius 2 is 2.00 bits per heavy atom. The molecule has 180 valence electrons. The molecule has 0 bridgehead atoms. The summed E-state index contributed by atoms with van der Waals surface area (Å²) in [5, 5.41) is 5.40. The highest BCUT2D eigenvalue weighted by Gasteiger charge is 2.34. The highest BCUT2D eigenvalue weighted by atomic mass is 16.5. The first-order valence-electron chi connectivity index (χ1n) is 11.7. The van der Waals surface area contributed by atoms with Crippen LogP contribution >= 0.6 is 0 Å². The normalized spacial score (nSPS) is 15.6. The smallest absolute Gasteiger partial charge is 0.255 e. The minimum absolute atomic E-state index is 0.0758. The van der Waals surface area contributed by atoms with Crippen molar-refractivity contribution in [1.29, 1.82) is 0 Å². The Morgan fingerprint density at radius 3 is 2.71 bits per heavy atom. The lowest BCUT2D eigenvalue weighted by molar-refractivity contribution is -0.121. The van der Waals surface area contributed by atoms with Gasteiger partial charge in [-0.1, -0.05) is 0 Å². The first-order valence-corrected chi connectivity index (χ1v) is 11.7. The third kappa shape index (κ3) is 5.52. The van der Waals surface area contributed by atoms with Gasteiger partial charge in [-0.25, -0.2) is 4.98 Å². The van der Waals surface area contributed by atoms with Crippen LogP contribution in [0.1, 0.15) is 65.5 Å². The lowest BCUT2D eigenvalue weighted by Gasteiger charge is -2.25. The number of hydrogen-bond acceptors (Lipinski definition) is 6. The van der Waals surface area contributed by atoms with E-state index in [0.717, 1.165) is 16.7 Å². The Hall–Kier alpha value is -3.49. The predicted octanol–water partition coefficient (Wildman–Crippen LogP) is 2.09. The molecule has 9 nitrogen and oxygen atoms in total. The second-order valence-electron chi connectivity index (χ2n) is 9.05. The second kappa shape index (κ2) is 10.2. The topological polar surface area (TPSA) is 114 Å². The van der Waals surface area contributed by atoms with Crippen molar-refractivity contribution in [2.45, 2.75) is 52.6 Å². The Kier molecular flexibility index (Phi) is 7.09. The summed E-state index contributed by atoms with van der Waals surface area (Å²) in [6.07, 6.45) is 5.87. The zero-order valence-corrected chi connectivity index (χ0v) is 19.9. The van der Waals surface area contributed by atoms with Gasteiger partial charge in [0.25, 0.3) is 5.91 Å². The van der Waals surface area contributed by atoms with Gasteiger partial charge < -0.3 is 20.3 Å². The van der Waals surface area contributed by atoms with Gasteiger partial charge in [-0.2, -0.15) is 0 Å². The molecule has 9 heteroatoms. The number of carbonyl (C=O) groups is 3. The summed E-state index contributed by atoms with van der Waals surface area (Å²) in [7, 11) is 0. The van der Waals surface area contributed by atoms with Crippen LogP contribution in [0.4, 0.5) is 0 Å². The van der Waals surface area contributed by atoms with Gasteiger partial charge in [0.1, 0.15) is 0 Å². The Balaban J connectivity index is 1.41. The zero-order chi connectivity index (χ0) is 24.2. The lowest BCUT2D eigenvalue weighted by Crippen LogP contribution is -2.34. The predicted molar refractivity (Wildman–Crippen MR) is 125 cm³/mol. The summed E-state index contributed by atoms with van der Waals surface area (Å²) in [6.45, 7) is 7.17. The second-order valence-corrected chi connectivity index (χ2v) is 9.05. The molecule has 3 heterocycles. The van der Waals surface area contributed by atoms with E-state index in [-0.39, 0.29) is 30.2 Å². The van der Waals surface area contributed by atoms with Crippen molar-refractivity contribution in [1.82, 2.24) is 25.5 Å². The van der Waals surface area contributed by atoms with Crippen LogP contribution in [0.15, 0.2) is 24.5 Å². The van der Waals surface area contributed by atoms with Gasteiger partial charge in [0.05, 0.1) is 24.8 Å². The maximum Gasteiger partial charge on any atom is 0.255 e. The number of aromatic nitrogens is 2. The maximum atomic E-state index is 13.2. The molecule has 1 unspecified atom stereocenters. The fourth-order valence-electron chi connectivity index (χ4n) is 4.05. The van der Waals surface area contributed by atoms with Crippen LogP contribution in [-0.4, -0.2) is 52.3 Å². The van der Waals surface area contributed by atoms with Gasteiger partial charge in [0.2, 0.25) is 17.7 Å². The molecule has 3 amide bonds. The Bertz CT molecular complexity index is 1100. The van der Waals surface area contributed by atoms with E-state index in [1.807, 2.05) is 19.9 Å². The van der Waals surface area contributed by atoms with Crippen molar-refractivity contribution in [3.63, 3.8) is 0 Å². The van der Waals surface area contributed by atoms with Crippen LogP contribution in [0.5, 0.6) is 5.88 Å². The number of carbonyl (C=O) groups excluding carboxylic acids is 3. The van der Waals surface area contributed by atoms with E-state index in [4.69, 9.17) is 4.74 Å². The number of nitrogens with zero attached hydrogens (tertiary/aromatic N) is 3. The van der Waals surface area contributed by atoms with Gasteiger partial charge in [0.15, 0.2) is 0 Å². The number of rotatable bonds is 10. The first-order chi connectivity index (χ1) is 16.3. The molecule has 0 radical (unpaired) electrons. The van der Waals surface area contributed by atoms with E-state index in [2.05, 4.69) is 20.6 Å². The van der Waals surface area contributed by atoms with Gasteiger partial charge >= 0.3 is 0 Å². The van der Waals surface area contributed by atoms with Crippen molar-refractivity contribution in [3.05, 3.63) is 52.5 Å². The minimum atomic E-state index is -0.202. The van der Waals surface area contributed by atoms with Crippen molar-refractivity contribution < 1.29 is 19.1 Å². The molecule has 0 saturated heterocycles. The molecule has 1 aliphatic heterocycles. The third-order valence-electron chi connectivity index (χ3n) is 6.27. The number of pyridine rings is 2. The number of aryl methyl sites for hydroxylation is 1. The zero-order valence-electron chi connectivity index (χ0n) is 19.9. The molecule has 1 aliphatic carbocycles. The molecule has 2 aromatic heterocycles. The maximum absolute atomic E-state index is 13.2. The van der Waals surface area contributed by atoms with Crippen LogP contribution in [0, 0.1) is 12.8 Å². The number of amides is 3. The van der Waals surface area contributed by atoms with E-state index < -0.39 is 0 Å². The van der Waals surface area contributed by atoms with Crippen LogP contribution in [0.2, 0.25) is 0 Å². The van der Waals surface area contributed by atoms with Crippen LogP contribution in [-0.2, 0) is 22.6 Å². The van der Waals surface area contributed by atoms with Crippen molar-refractivity contribution in [2.75, 3.05) is 19.7 Å². The molecule has 34 heavy (non-hydrogen) atoms. The molecule has 1 atom stereocenters. The molecule has 2 aliphatic rings. The average Bonchev–Trinajstić information content (AvgIpc) is 3.57. The van der Waals surface area contributed by atoms with E-state index in [1.165, 1.54) is 19.8 Å². The average molecular weight is 466 g/mol. The molecule has 1 fully saturated rings. The third-order valence-corrected chi connectivity index (χ3v) is 6.27. The van der Waals surface area contributed by atoms with E-state index in [1.54, 1.807) is 23.4 Å². The van der Waals surface area contributed by atoms with Gasteiger partial charge in [-0.15, -0.1) is 0 Å². The van der Waals surface area contributed by atoms with E-state index in [0.29, 0.717) is 49.3 Å². The Labute approximate surface area is 199 Å². The summed E-state index contributed by atoms with van der Waals surface area (Å²) < 4.78 is 5.83. The fourth-order valence-corrected chi connectivity index (χ4v) is 4.05. The van der Waals surface area contributed by atoms with Crippen LogP contribution < -0.4 is 15.4 Å². The number of nitrogens with one attached hydrogen (secondary N) is 2. The molecule has 2 N–H and O–H groups in total. The molecular weight excluding hydrogens is 434 g/mol. The Morgan fingerprint density at radius 1 is 1.24 bits per heavy atom. The van der Waals surface area contributed by atoms with Crippen molar-refractivity contribution >= 4 is 17.7 Å². The van der Waals surface area contributed by atoms with Gasteiger partial charge in [-0.05, 0) is 50.3 Å². The lowest BCUT2D eigenvalue weighted by atomic mass is 10.1. The molecule has 2 aromatic rings. The highest BCUT2D eigenvalue weighted by molar-refractivity contribution is 5.99. The minimum Gasteiger partial charge on any atom is -0.477 e. The van der Waals surface area contributed by atoms with Crippen LogP contribution in [0.3, 0.4) is 0 Å². The van der Waals surface area contributed by atoms with Gasteiger partial charge in [-0.3, -0.25) is 19.4 Å². The summed E-state index contributed by atoms with van der Waals surface area (Å²) in [5.41, 5.74) is 3.84. The standard InChI is InChI=1S/C25H31N5O4/c1-15-10-19(12-29-24(15)34-14-18-4-5-18)16(2)30-13-21-20(25(30)33)6-7-27-22(21)11-23(32)28-9-8-26-17(3)31/h6-7,10,12,16,18H,4-5,8-9,11,13-14H2,1-3H3,(H,26,31)(H,28,32). The number of hydrogen-bond donors (Lipinski definition) is 2. The molecule has 0 aromatic carbocycles. The SMILES string of the molecule is CC(=O)NCCNC(=O)Cc1nccc2c1CN(C(C)c1cnc(OCC3CC3)c(C)c1)C2=O. The van der Waals surface area contributed by atoms with E-state index in [9.17, 15) is 14.4 Å². The summed E-state index contributed by atoms with van der Waals surface area (Å²) in [4.78, 5) is 47.1. The quantitative estimate of drug-likeness (QED) is 0.520. The number of fused-ring (bicyclic) bond motifs is 1. The van der Waals surface area contributed by atoms with E-state index >= 15 is 0 Å². The van der Waals surface area contributed by atoms with Crippen molar-refractivity contribution in [2.24, 2.45) is 5.92 Å². The number of ether oxygens (including phenoxy) is 1. The first kappa shape index (κ1) is 23.7. The highest BCUT2D eigenvalue weighted by Crippen LogP contribution is 2.34. The molecule has 1 saturated carbocycles. The van der Waals surface area contributed by atoms with Gasteiger partial charge in [0, 0.05) is 55.6 Å². The summed E-state index contributed by atoms with van der Waals surface area (Å²) in [5.74, 6) is 0.878. The largest absolute Gasteiger partial charge is 0.477 e. The molecule has 4 rings (SSSR count). The summed E-state index contributed by atoms with van der Waals surface area (Å²) in [6, 6.07) is 3.54.